The van der Waals surface area contributed by atoms with Gasteiger partial charge in [-0.05, 0) is 75.0 Å². The van der Waals surface area contributed by atoms with E-state index in [-0.39, 0.29) is 18.4 Å². The molecule has 0 radical (unpaired) electrons. The van der Waals surface area contributed by atoms with Crippen molar-refractivity contribution >= 4 is 39.9 Å². The van der Waals surface area contributed by atoms with E-state index in [2.05, 4.69) is 6.07 Å². The highest BCUT2D eigenvalue weighted by atomic mass is 32.2. The Hall–Kier alpha value is -3.02. The third-order valence-corrected chi connectivity index (χ3v) is 9.47. The number of Topliss-reactive ketones (excluding diaryl/α,β-unsaturated/α-hetero) is 1. The van der Waals surface area contributed by atoms with Crippen LogP contribution >= 0.6 is 23.1 Å². The van der Waals surface area contributed by atoms with Gasteiger partial charge in [0.05, 0.1) is 29.7 Å². The van der Waals surface area contributed by atoms with Gasteiger partial charge in [-0.25, -0.2) is 4.79 Å². The number of carbonyl (C=O) groups excluding carboxylic acids is 2. The number of rotatable bonds is 5. The summed E-state index contributed by atoms with van der Waals surface area (Å²) in [6.45, 7) is 2.08. The van der Waals surface area contributed by atoms with Crippen LogP contribution < -0.4 is 10.6 Å². The van der Waals surface area contributed by atoms with Crippen molar-refractivity contribution < 1.29 is 14.3 Å². The van der Waals surface area contributed by atoms with Crippen LogP contribution in [0.5, 0.6) is 0 Å². The predicted octanol–water partition coefficient (Wildman–Crippen LogP) is 6.22. The molecule has 1 atom stereocenters. The Kier molecular flexibility index (Phi) is 7.45. The zero-order valence-corrected chi connectivity index (χ0v) is 22.9. The molecule has 8 heteroatoms. The first-order valence-electron chi connectivity index (χ1n) is 12.9. The molecule has 0 amide bonds. The zero-order chi connectivity index (χ0) is 26.1. The second kappa shape index (κ2) is 10.8. The van der Waals surface area contributed by atoms with Crippen LogP contribution in [-0.2, 0) is 22.4 Å². The van der Waals surface area contributed by atoms with Gasteiger partial charge in [0.2, 0.25) is 0 Å². The number of ketones is 1. The summed E-state index contributed by atoms with van der Waals surface area (Å²) < 4.78 is 5.52. The van der Waals surface area contributed by atoms with E-state index in [1.807, 2.05) is 35.4 Å². The number of fused-ring (bicyclic) bond motifs is 1. The highest BCUT2D eigenvalue weighted by Gasteiger charge is 2.42. The minimum Gasteiger partial charge on any atom is -0.462 e. The first-order valence-corrected chi connectivity index (χ1v) is 15.0. The lowest BCUT2D eigenvalue weighted by molar-refractivity contribution is -0.116. The number of hydrogen-bond donors (Lipinski definition) is 1. The number of thioether (sulfide) groups is 1. The number of hydrogen-bond acceptors (Lipinski definition) is 8. The van der Waals surface area contributed by atoms with Crippen molar-refractivity contribution in [2.45, 2.75) is 69.1 Å². The lowest BCUT2D eigenvalue weighted by Crippen LogP contribution is -2.39. The Morgan fingerprint density at radius 2 is 1.92 bits per heavy atom. The quantitative estimate of drug-likeness (QED) is 0.277. The maximum atomic E-state index is 13.5. The molecule has 3 aliphatic rings. The molecule has 0 spiro atoms. The summed E-state index contributed by atoms with van der Waals surface area (Å²) in [6, 6.07) is 10.3. The van der Waals surface area contributed by atoms with E-state index in [0.29, 0.717) is 46.8 Å². The van der Waals surface area contributed by atoms with Gasteiger partial charge in [-0.15, -0.1) is 23.1 Å². The van der Waals surface area contributed by atoms with Crippen molar-refractivity contribution in [1.29, 1.82) is 5.26 Å². The number of anilines is 1. The first-order chi connectivity index (χ1) is 18.0. The number of esters is 1. The molecule has 2 aliphatic carbocycles. The number of nitrogens with zero attached hydrogens (tertiary/aromatic N) is 2. The van der Waals surface area contributed by atoms with Gasteiger partial charge in [0.15, 0.2) is 5.78 Å². The molecule has 1 aromatic heterocycles. The fourth-order valence-electron chi connectivity index (χ4n) is 5.75. The van der Waals surface area contributed by atoms with E-state index in [1.165, 1.54) is 4.88 Å². The van der Waals surface area contributed by atoms with Crippen molar-refractivity contribution in [3.8, 4) is 6.07 Å². The monoisotopic (exact) mass is 533 g/mol. The van der Waals surface area contributed by atoms with Crippen molar-refractivity contribution in [2.75, 3.05) is 17.8 Å². The highest BCUT2D eigenvalue weighted by Crippen LogP contribution is 2.50. The maximum absolute atomic E-state index is 13.5. The van der Waals surface area contributed by atoms with Crippen LogP contribution in [0.25, 0.3) is 0 Å². The van der Waals surface area contributed by atoms with E-state index < -0.39 is 5.92 Å². The molecule has 1 aliphatic heterocycles. The topological polar surface area (TPSA) is 96.4 Å². The summed E-state index contributed by atoms with van der Waals surface area (Å²) in [7, 11) is 0. The number of ether oxygens (including phenoxy) is 1. The summed E-state index contributed by atoms with van der Waals surface area (Å²) in [6.07, 6.45) is 8.77. The predicted molar refractivity (Wildman–Crippen MR) is 148 cm³/mol. The molecule has 5 rings (SSSR count). The molecule has 1 aromatic carbocycles. The van der Waals surface area contributed by atoms with E-state index in [9.17, 15) is 14.9 Å². The number of nitrogens with two attached hydrogens (primary N) is 1. The zero-order valence-electron chi connectivity index (χ0n) is 21.3. The molecule has 6 nitrogen and oxygen atoms in total. The second-order valence-electron chi connectivity index (χ2n) is 9.55. The molecule has 0 saturated carbocycles. The third-order valence-electron chi connectivity index (χ3n) is 7.45. The van der Waals surface area contributed by atoms with Crippen LogP contribution in [0.2, 0.25) is 0 Å². The van der Waals surface area contributed by atoms with Gasteiger partial charge in [-0.3, -0.25) is 9.69 Å². The average Bonchev–Trinajstić information content (AvgIpc) is 3.10. The fourth-order valence-corrected chi connectivity index (χ4v) is 7.57. The molecule has 0 bridgehead atoms. The lowest BCUT2D eigenvalue weighted by atomic mass is 9.75. The normalized spacial score (nSPS) is 19.8. The Morgan fingerprint density at radius 1 is 1.16 bits per heavy atom. The number of benzene rings is 1. The van der Waals surface area contributed by atoms with Gasteiger partial charge in [0.1, 0.15) is 10.8 Å². The minimum atomic E-state index is -0.510. The number of aryl methyl sites for hydroxylation is 1. The molecule has 2 aromatic rings. The highest BCUT2D eigenvalue weighted by molar-refractivity contribution is 7.98. The number of thiophene rings is 1. The average molecular weight is 534 g/mol. The third kappa shape index (κ3) is 4.49. The van der Waals surface area contributed by atoms with Crippen LogP contribution in [-0.4, -0.2) is 24.6 Å². The molecular weight excluding hydrogens is 502 g/mol. The van der Waals surface area contributed by atoms with Crippen LogP contribution in [0.4, 0.5) is 5.00 Å². The summed E-state index contributed by atoms with van der Waals surface area (Å²) in [4.78, 5) is 31.0. The smallest absolute Gasteiger partial charge is 0.341 e. The second-order valence-corrected chi connectivity index (χ2v) is 11.5. The molecule has 37 heavy (non-hydrogen) atoms. The minimum absolute atomic E-state index is 0.0428. The van der Waals surface area contributed by atoms with Crippen LogP contribution in [0, 0.1) is 11.3 Å². The van der Waals surface area contributed by atoms with Crippen LogP contribution in [0.1, 0.15) is 77.7 Å². The van der Waals surface area contributed by atoms with Crippen molar-refractivity contribution in [2.24, 2.45) is 5.73 Å². The molecule has 1 unspecified atom stereocenters. The molecule has 2 heterocycles. The van der Waals surface area contributed by atoms with E-state index in [4.69, 9.17) is 10.5 Å². The molecular formula is C29H31N3O3S2. The number of carbonyl (C=O) groups is 2. The Labute approximate surface area is 226 Å². The van der Waals surface area contributed by atoms with E-state index in [0.717, 1.165) is 53.8 Å². The van der Waals surface area contributed by atoms with Crippen molar-refractivity contribution in [3.05, 3.63) is 68.5 Å². The SMILES string of the molecule is CCOC(=O)c1c(N2C(N)=C(C#N)C(c3ccc(SC)cc3)C3=C2CCCC3=O)sc2c1CCCCC2. The fraction of sp³-hybridized carbons (Fsp3) is 0.414. The maximum Gasteiger partial charge on any atom is 0.341 e. The molecule has 192 valence electrons. The summed E-state index contributed by atoms with van der Waals surface area (Å²) in [5.74, 6) is -0.524. The Morgan fingerprint density at radius 3 is 2.62 bits per heavy atom. The van der Waals surface area contributed by atoms with Gasteiger partial charge in [0, 0.05) is 27.5 Å². The van der Waals surface area contributed by atoms with Crippen LogP contribution in [0.3, 0.4) is 0 Å². The van der Waals surface area contributed by atoms with Gasteiger partial charge in [-0.1, -0.05) is 18.6 Å². The summed E-state index contributed by atoms with van der Waals surface area (Å²) >= 11 is 3.21. The standard InChI is InChI=1S/C29H31N3O3S2/c1-3-35-29(34)25-19-8-5-4-6-11-23(19)37-28(25)32-21-9-7-10-22(33)26(21)24(20(16-30)27(32)31)17-12-14-18(36-2)15-13-17/h12-15,24H,3-11,31H2,1-2H3. The summed E-state index contributed by atoms with van der Waals surface area (Å²) in [5, 5.41) is 11.0. The molecule has 2 N–H and O–H groups in total. The van der Waals surface area contributed by atoms with E-state index >= 15 is 0 Å². The van der Waals surface area contributed by atoms with Crippen molar-refractivity contribution in [1.82, 2.24) is 0 Å². The largest absolute Gasteiger partial charge is 0.462 e. The lowest BCUT2D eigenvalue weighted by Gasteiger charge is -2.39. The number of nitriles is 1. The van der Waals surface area contributed by atoms with Gasteiger partial charge in [0.25, 0.3) is 0 Å². The first kappa shape index (κ1) is 25.6. The Balaban J connectivity index is 1.73. The van der Waals surface area contributed by atoms with Crippen LogP contribution in [0.15, 0.2) is 51.8 Å². The van der Waals surface area contributed by atoms with Gasteiger partial charge < -0.3 is 10.5 Å². The van der Waals surface area contributed by atoms with E-state index in [1.54, 1.807) is 30.0 Å². The summed E-state index contributed by atoms with van der Waals surface area (Å²) in [5.41, 5.74) is 11.1. The molecule has 0 saturated heterocycles. The molecule has 0 fully saturated rings. The van der Waals surface area contributed by atoms with Crippen molar-refractivity contribution in [3.63, 3.8) is 0 Å². The number of allylic oxidation sites excluding steroid dienone is 3. The van der Waals surface area contributed by atoms with Gasteiger partial charge >= 0.3 is 5.97 Å². The van der Waals surface area contributed by atoms with Gasteiger partial charge in [-0.2, -0.15) is 5.26 Å². The Bertz CT molecular complexity index is 1350.